The molecule has 1 fully saturated rings. The third-order valence-electron chi connectivity index (χ3n) is 5.92. The average Bonchev–Trinajstić information content (AvgIpc) is 3.37. The summed E-state index contributed by atoms with van der Waals surface area (Å²) in [6.45, 7) is 3.73. The van der Waals surface area contributed by atoms with Gasteiger partial charge in [0.25, 0.3) is 0 Å². The fourth-order valence-corrected chi connectivity index (χ4v) is 3.98. The fourth-order valence-electron chi connectivity index (χ4n) is 3.98. The van der Waals surface area contributed by atoms with Crippen molar-refractivity contribution in [1.29, 1.82) is 0 Å². The average molecular weight is 545 g/mol. The zero-order chi connectivity index (χ0) is 28.1. The molecule has 1 saturated heterocycles. The van der Waals surface area contributed by atoms with E-state index in [1.54, 1.807) is 0 Å². The van der Waals surface area contributed by atoms with Gasteiger partial charge in [0.1, 0.15) is 16.8 Å². The minimum atomic E-state index is -1.22. The topological polar surface area (TPSA) is 157 Å². The maximum Gasteiger partial charge on any atom is 0.243 e. The highest BCUT2D eigenvalue weighted by atomic mass is 19.1. The Kier molecular flexibility index (Phi) is 8.46. The van der Waals surface area contributed by atoms with Crippen LogP contribution in [0, 0.1) is 11.6 Å². The normalized spacial score (nSPS) is 16.5. The number of ketones is 1. The highest BCUT2D eigenvalue weighted by molar-refractivity contribution is 6.13. The van der Waals surface area contributed by atoms with Crippen LogP contribution in [0.3, 0.4) is 0 Å². The van der Waals surface area contributed by atoms with E-state index in [1.165, 1.54) is 26.5 Å². The Balaban J connectivity index is 1.72. The van der Waals surface area contributed by atoms with Gasteiger partial charge in [0.15, 0.2) is 23.1 Å². The van der Waals surface area contributed by atoms with Crippen LogP contribution in [-0.2, 0) is 9.53 Å². The summed E-state index contributed by atoms with van der Waals surface area (Å²) in [5.74, 6) is -4.46. The Morgan fingerprint density at radius 3 is 2.46 bits per heavy atom. The molecule has 14 heteroatoms. The quantitative estimate of drug-likeness (QED) is 0.205. The number of anilines is 2. The number of fused-ring (bicyclic) bond motifs is 1. The van der Waals surface area contributed by atoms with E-state index in [9.17, 15) is 14.7 Å². The predicted octanol–water partition coefficient (Wildman–Crippen LogP) is 1.44. The van der Waals surface area contributed by atoms with E-state index in [2.05, 4.69) is 37.5 Å². The third kappa shape index (κ3) is 5.71. The Hall–Kier alpha value is -4.43. The van der Waals surface area contributed by atoms with Crippen molar-refractivity contribution >= 4 is 34.4 Å². The zero-order valence-corrected chi connectivity index (χ0v) is 21.1. The van der Waals surface area contributed by atoms with Crippen molar-refractivity contribution in [1.82, 2.24) is 20.3 Å². The molecule has 0 spiro atoms. The van der Waals surface area contributed by atoms with Gasteiger partial charge < -0.3 is 35.3 Å². The molecule has 1 aromatic carbocycles. The van der Waals surface area contributed by atoms with Crippen molar-refractivity contribution < 1.29 is 37.7 Å². The van der Waals surface area contributed by atoms with Crippen LogP contribution in [0.25, 0.3) is 11.0 Å². The molecular weight excluding hydrogens is 518 g/mol. The lowest BCUT2D eigenvalue weighted by molar-refractivity contribution is -0.117. The number of aliphatic hydroxyl groups is 1. The largest absolute Gasteiger partial charge is 0.494 e. The Morgan fingerprint density at radius 2 is 1.82 bits per heavy atom. The van der Waals surface area contributed by atoms with Gasteiger partial charge in [0.2, 0.25) is 17.6 Å². The summed E-state index contributed by atoms with van der Waals surface area (Å²) in [5, 5.41) is 18.0. The van der Waals surface area contributed by atoms with Crippen molar-refractivity contribution in [3.63, 3.8) is 0 Å². The van der Waals surface area contributed by atoms with Crippen LogP contribution in [0.15, 0.2) is 31.0 Å². The zero-order valence-electron chi connectivity index (χ0n) is 21.1. The Bertz CT molecular complexity index is 1390. The number of hydrogen-bond acceptors (Lipinski definition) is 11. The number of nitrogens with zero attached hydrogens (tertiary/aromatic N) is 3. The van der Waals surface area contributed by atoms with E-state index in [4.69, 9.17) is 14.2 Å². The lowest BCUT2D eigenvalue weighted by Crippen LogP contribution is -2.45. The van der Waals surface area contributed by atoms with Gasteiger partial charge in [-0.1, -0.05) is 6.58 Å². The molecule has 4 N–H and O–H groups in total. The SMILES string of the molecule is C=CC(=O)NC1COCC1Nc1ncc2nc(C(=O)c3c(F)c(OC)cc(OC)c3F)c(NCCO)cc2n1. The number of ether oxygens (including phenoxy) is 3. The molecule has 2 unspecified atom stereocenters. The lowest BCUT2D eigenvalue weighted by Gasteiger charge is -2.19. The summed E-state index contributed by atoms with van der Waals surface area (Å²) in [6.07, 6.45) is 2.50. The minimum absolute atomic E-state index is 0.0140. The van der Waals surface area contributed by atoms with Gasteiger partial charge in [-0.25, -0.2) is 23.7 Å². The summed E-state index contributed by atoms with van der Waals surface area (Å²) < 4.78 is 45.4. The summed E-state index contributed by atoms with van der Waals surface area (Å²) in [4.78, 5) is 38.1. The van der Waals surface area contributed by atoms with Crippen molar-refractivity contribution in [2.45, 2.75) is 12.1 Å². The second-order valence-corrected chi connectivity index (χ2v) is 8.35. The maximum atomic E-state index is 15.1. The van der Waals surface area contributed by atoms with E-state index in [0.717, 1.165) is 12.1 Å². The van der Waals surface area contributed by atoms with Gasteiger partial charge in [-0.3, -0.25) is 9.59 Å². The van der Waals surface area contributed by atoms with E-state index >= 15 is 8.78 Å². The highest BCUT2D eigenvalue weighted by Gasteiger charge is 2.31. The van der Waals surface area contributed by atoms with Crippen molar-refractivity contribution in [3.8, 4) is 11.5 Å². The molecule has 0 aliphatic carbocycles. The van der Waals surface area contributed by atoms with Crippen LogP contribution in [0.5, 0.6) is 11.5 Å². The number of carbonyl (C=O) groups excluding carboxylic acids is 2. The number of rotatable bonds is 11. The Labute approximate surface area is 221 Å². The summed E-state index contributed by atoms with van der Waals surface area (Å²) in [5.41, 5.74) is -0.720. The van der Waals surface area contributed by atoms with Crippen molar-refractivity contribution in [2.75, 3.05) is 51.2 Å². The molecule has 3 aromatic rings. The summed E-state index contributed by atoms with van der Waals surface area (Å²) >= 11 is 0. The monoisotopic (exact) mass is 544 g/mol. The number of aliphatic hydroxyl groups excluding tert-OH is 1. The first-order chi connectivity index (χ1) is 18.8. The number of halogens is 2. The molecule has 12 nitrogen and oxygen atoms in total. The molecule has 1 amide bonds. The number of carbonyl (C=O) groups is 2. The molecule has 0 radical (unpaired) electrons. The first-order valence-corrected chi connectivity index (χ1v) is 11.8. The molecular formula is C25H26F2N6O6. The Morgan fingerprint density at radius 1 is 1.13 bits per heavy atom. The van der Waals surface area contributed by atoms with E-state index in [0.29, 0.717) is 12.1 Å². The first kappa shape index (κ1) is 27.6. The molecule has 0 saturated carbocycles. The molecule has 4 rings (SSSR count). The molecule has 2 atom stereocenters. The van der Waals surface area contributed by atoms with Crippen LogP contribution in [0.2, 0.25) is 0 Å². The second kappa shape index (κ2) is 12.0. The van der Waals surface area contributed by atoms with Gasteiger partial charge in [-0.05, 0) is 12.1 Å². The molecule has 3 heterocycles. The molecule has 2 aromatic heterocycles. The number of methoxy groups -OCH3 is 2. The van der Waals surface area contributed by atoms with Crippen molar-refractivity contribution in [3.05, 3.63) is 53.9 Å². The van der Waals surface area contributed by atoms with Crippen LogP contribution in [-0.4, -0.2) is 84.4 Å². The molecule has 206 valence electrons. The number of amides is 1. The predicted molar refractivity (Wildman–Crippen MR) is 136 cm³/mol. The van der Waals surface area contributed by atoms with Crippen molar-refractivity contribution in [2.24, 2.45) is 0 Å². The van der Waals surface area contributed by atoms with Gasteiger partial charge >= 0.3 is 0 Å². The van der Waals surface area contributed by atoms with Gasteiger partial charge in [0.05, 0.1) is 63.5 Å². The van der Waals surface area contributed by atoms with E-state index in [1.807, 2.05) is 0 Å². The molecule has 1 aliphatic rings. The van der Waals surface area contributed by atoms with Gasteiger partial charge in [-0.15, -0.1) is 0 Å². The second-order valence-electron chi connectivity index (χ2n) is 8.35. The van der Waals surface area contributed by atoms with Crippen LogP contribution in [0.4, 0.5) is 20.4 Å². The summed E-state index contributed by atoms with van der Waals surface area (Å²) in [6, 6.07) is 1.76. The fraction of sp³-hybridized carbons (Fsp3) is 0.320. The third-order valence-corrected chi connectivity index (χ3v) is 5.92. The van der Waals surface area contributed by atoms with E-state index in [-0.39, 0.29) is 72.1 Å². The number of hydrogen-bond donors (Lipinski definition) is 4. The van der Waals surface area contributed by atoms with Crippen LogP contribution in [0.1, 0.15) is 16.1 Å². The van der Waals surface area contributed by atoms with Crippen LogP contribution >= 0.6 is 0 Å². The summed E-state index contributed by atoms with van der Waals surface area (Å²) in [7, 11) is 2.34. The first-order valence-electron chi connectivity index (χ1n) is 11.8. The minimum Gasteiger partial charge on any atom is -0.494 e. The van der Waals surface area contributed by atoms with E-state index < -0.39 is 23.0 Å². The number of nitrogens with one attached hydrogen (secondary N) is 3. The molecule has 1 aliphatic heterocycles. The lowest BCUT2D eigenvalue weighted by atomic mass is 10.0. The number of pyridine rings is 1. The van der Waals surface area contributed by atoms with Crippen LogP contribution < -0.4 is 25.4 Å². The highest BCUT2D eigenvalue weighted by Crippen LogP contribution is 2.34. The smallest absolute Gasteiger partial charge is 0.243 e. The number of benzene rings is 1. The molecule has 39 heavy (non-hydrogen) atoms. The maximum absolute atomic E-state index is 15.1. The number of aromatic nitrogens is 3. The standard InChI is InChI=1S/C25H26F2N6O6/c1-4-19(35)30-15-10-39-11-16(15)33-25-29-9-14-12(32-25)7-13(28-5-6-34)23(31-14)24(36)20-21(26)17(37-2)8-18(38-3)22(20)27/h4,7-9,15-16,28,34H,1,5-6,10-11H2,2-3H3,(H,30,35)(H,29,32,33). The van der Waals surface area contributed by atoms with Gasteiger partial charge in [0, 0.05) is 12.6 Å². The molecule has 0 bridgehead atoms. The van der Waals surface area contributed by atoms with Gasteiger partial charge in [-0.2, -0.15) is 0 Å².